The van der Waals surface area contributed by atoms with Gasteiger partial charge in [-0.2, -0.15) is 0 Å². The number of halogens is 1. The smallest absolute Gasteiger partial charge is 0.0186 e. The Morgan fingerprint density at radius 1 is 1.19 bits per heavy atom. The monoisotopic (exact) mass is 280 g/mol. The summed E-state index contributed by atoms with van der Waals surface area (Å²) in [4.78, 5) is 0.652. The van der Waals surface area contributed by atoms with E-state index >= 15 is 0 Å². The average molecular weight is 281 g/mol. The zero-order chi connectivity index (χ0) is 11.4. The van der Waals surface area contributed by atoms with Gasteiger partial charge in [0.1, 0.15) is 0 Å². The van der Waals surface area contributed by atoms with Crippen LogP contribution in [0.15, 0.2) is 18.2 Å². The molecule has 2 rings (SSSR count). The zero-order valence-electron chi connectivity index (χ0n) is 10.1. The molecular weight excluding hydrogens is 260 g/mol. The minimum Gasteiger partial charge on any atom is -0.0887 e. The zero-order valence-corrected chi connectivity index (χ0v) is 11.7. The molecular formula is C15H21Br. The van der Waals surface area contributed by atoms with Crippen LogP contribution in [0.2, 0.25) is 0 Å². The molecule has 1 unspecified atom stereocenters. The first-order valence-electron chi connectivity index (χ1n) is 6.54. The molecule has 0 fully saturated rings. The quantitative estimate of drug-likeness (QED) is 0.703. The third-order valence-corrected chi connectivity index (χ3v) is 4.25. The number of hydrogen-bond donors (Lipinski definition) is 0. The second kappa shape index (κ2) is 5.86. The van der Waals surface area contributed by atoms with Gasteiger partial charge in [0, 0.05) is 4.83 Å². The molecule has 0 nitrogen and oxygen atoms in total. The molecule has 1 atom stereocenters. The predicted octanol–water partition coefficient (Wildman–Crippen LogP) is 4.67. The lowest BCUT2D eigenvalue weighted by Gasteiger charge is -2.17. The maximum Gasteiger partial charge on any atom is 0.0186 e. The lowest BCUT2D eigenvalue weighted by atomic mass is 9.89. The summed E-state index contributed by atoms with van der Waals surface area (Å²) < 4.78 is 0. The van der Waals surface area contributed by atoms with E-state index in [2.05, 4.69) is 41.1 Å². The van der Waals surface area contributed by atoms with Gasteiger partial charge in [0.2, 0.25) is 0 Å². The fourth-order valence-corrected chi connectivity index (χ4v) is 3.42. The number of benzene rings is 1. The maximum absolute atomic E-state index is 3.77. The summed E-state index contributed by atoms with van der Waals surface area (Å²) >= 11 is 3.77. The van der Waals surface area contributed by atoms with Crippen LogP contribution in [0.4, 0.5) is 0 Å². The van der Waals surface area contributed by atoms with Gasteiger partial charge in [0.15, 0.2) is 0 Å². The highest BCUT2D eigenvalue weighted by molar-refractivity contribution is 9.09. The van der Waals surface area contributed by atoms with Gasteiger partial charge in [0.05, 0.1) is 0 Å². The average Bonchev–Trinajstić information content (AvgIpc) is 2.29. The van der Waals surface area contributed by atoms with Crippen LogP contribution in [0.5, 0.6) is 0 Å². The topological polar surface area (TPSA) is 0 Å². The maximum atomic E-state index is 3.77. The van der Waals surface area contributed by atoms with Crippen molar-refractivity contribution in [3.05, 3.63) is 34.9 Å². The molecule has 0 radical (unpaired) electrons. The Hall–Kier alpha value is -0.300. The van der Waals surface area contributed by atoms with E-state index in [4.69, 9.17) is 0 Å². The van der Waals surface area contributed by atoms with Crippen LogP contribution in [0.1, 0.15) is 49.3 Å². The van der Waals surface area contributed by atoms with Crippen molar-refractivity contribution in [1.29, 1.82) is 0 Å². The van der Waals surface area contributed by atoms with Crippen molar-refractivity contribution in [3.63, 3.8) is 0 Å². The van der Waals surface area contributed by atoms with E-state index < -0.39 is 0 Å². The molecule has 0 amide bonds. The van der Waals surface area contributed by atoms with E-state index in [0.29, 0.717) is 4.83 Å². The van der Waals surface area contributed by atoms with Crippen LogP contribution in [0.3, 0.4) is 0 Å². The molecule has 0 bridgehead atoms. The Balaban J connectivity index is 2.05. The van der Waals surface area contributed by atoms with Gasteiger partial charge >= 0.3 is 0 Å². The van der Waals surface area contributed by atoms with Crippen LogP contribution in [-0.2, 0) is 19.3 Å². The molecule has 0 aliphatic heterocycles. The van der Waals surface area contributed by atoms with Crippen LogP contribution in [0.25, 0.3) is 0 Å². The van der Waals surface area contributed by atoms with Crippen molar-refractivity contribution in [3.8, 4) is 0 Å². The van der Waals surface area contributed by atoms with Crippen LogP contribution in [0, 0.1) is 0 Å². The van der Waals surface area contributed by atoms with Gasteiger partial charge < -0.3 is 0 Å². The molecule has 0 saturated heterocycles. The van der Waals surface area contributed by atoms with Crippen LogP contribution in [-0.4, -0.2) is 4.83 Å². The number of aryl methyl sites for hydroxylation is 2. The lowest BCUT2D eigenvalue weighted by Crippen LogP contribution is -2.06. The molecule has 0 heterocycles. The van der Waals surface area contributed by atoms with Crippen LogP contribution >= 0.6 is 15.9 Å². The van der Waals surface area contributed by atoms with E-state index in [1.807, 2.05) is 0 Å². The summed E-state index contributed by atoms with van der Waals surface area (Å²) in [6.45, 7) is 2.25. The molecule has 0 spiro atoms. The summed E-state index contributed by atoms with van der Waals surface area (Å²) in [5.74, 6) is 0. The summed E-state index contributed by atoms with van der Waals surface area (Å²) in [6, 6.07) is 7.13. The highest BCUT2D eigenvalue weighted by atomic mass is 79.9. The van der Waals surface area contributed by atoms with Gasteiger partial charge in [-0.05, 0) is 55.2 Å². The summed E-state index contributed by atoms with van der Waals surface area (Å²) in [5.41, 5.74) is 4.72. The first-order chi connectivity index (χ1) is 7.79. The molecule has 1 heteroatoms. The number of fused-ring (bicyclic) bond motifs is 1. The SMILES string of the molecule is CCCC(Br)Cc1ccc2c(c1)CCCC2. The second-order valence-electron chi connectivity index (χ2n) is 4.90. The Morgan fingerprint density at radius 3 is 2.69 bits per heavy atom. The Bertz CT molecular complexity index is 343. The standard InChI is InChI=1S/C15H21Br/c1-2-5-15(16)11-12-8-9-13-6-3-4-7-14(13)10-12/h8-10,15H,2-7,11H2,1H3. The van der Waals surface area contributed by atoms with Gasteiger partial charge in [-0.25, -0.2) is 0 Å². The molecule has 0 N–H and O–H groups in total. The van der Waals surface area contributed by atoms with Crippen molar-refractivity contribution < 1.29 is 0 Å². The van der Waals surface area contributed by atoms with E-state index in [0.717, 1.165) is 0 Å². The third kappa shape index (κ3) is 3.10. The molecule has 0 saturated carbocycles. The fraction of sp³-hybridized carbons (Fsp3) is 0.600. The summed E-state index contributed by atoms with van der Waals surface area (Å²) in [7, 11) is 0. The number of hydrogen-bond acceptors (Lipinski definition) is 0. The Labute approximate surface area is 108 Å². The Kier molecular flexibility index (Phi) is 4.45. The highest BCUT2D eigenvalue weighted by Crippen LogP contribution is 2.24. The van der Waals surface area contributed by atoms with Gasteiger partial charge in [-0.1, -0.05) is 47.5 Å². The van der Waals surface area contributed by atoms with Gasteiger partial charge in [0.25, 0.3) is 0 Å². The van der Waals surface area contributed by atoms with Crippen molar-refractivity contribution in [2.24, 2.45) is 0 Å². The largest absolute Gasteiger partial charge is 0.0887 e. The van der Waals surface area contributed by atoms with Crippen molar-refractivity contribution in [2.45, 2.75) is 56.7 Å². The van der Waals surface area contributed by atoms with Crippen LogP contribution < -0.4 is 0 Å². The summed E-state index contributed by atoms with van der Waals surface area (Å²) in [6.07, 6.45) is 9.07. The minimum absolute atomic E-state index is 0.652. The number of alkyl halides is 1. The predicted molar refractivity (Wildman–Crippen MR) is 74.4 cm³/mol. The molecule has 1 aromatic rings. The molecule has 1 aliphatic carbocycles. The summed E-state index contributed by atoms with van der Waals surface area (Å²) in [5, 5.41) is 0. The molecule has 16 heavy (non-hydrogen) atoms. The normalized spacial score (nSPS) is 16.9. The third-order valence-electron chi connectivity index (χ3n) is 3.47. The second-order valence-corrected chi connectivity index (χ2v) is 6.20. The van der Waals surface area contributed by atoms with Crippen molar-refractivity contribution in [2.75, 3.05) is 0 Å². The molecule has 88 valence electrons. The lowest BCUT2D eigenvalue weighted by molar-refractivity contribution is 0.682. The first-order valence-corrected chi connectivity index (χ1v) is 7.46. The van der Waals surface area contributed by atoms with Gasteiger partial charge in [-0.3, -0.25) is 0 Å². The highest BCUT2D eigenvalue weighted by Gasteiger charge is 2.11. The molecule has 0 aromatic heterocycles. The van der Waals surface area contributed by atoms with E-state index in [1.165, 1.54) is 50.5 Å². The fourth-order valence-electron chi connectivity index (χ4n) is 2.58. The van der Waals surface area contributed by atoms with E-state index in [-0.39, 0.29) is 0 Å². The van der Waals surface area contributed by atoms with Gasteiger partial charge in [-0.15, -0.1) is 0 Å². The Morgan fingerprint density at radius 2 is 1.94 bits per heavy atom. The van der Waals surface area contributed by atoms with E-state index in [1.54, 1.807) is 11.1 Å². The van der Waals surface area contributed by atoms with Crippen molar-refractivity contribution in [1.82, 2.24) is 0 Å². The minimum atomic E-state index is 0.652. The van der Waals surface area contributed by atoms with E-state index in [9.17, 15) is 0 Å². The molecule has 1 aromatic carbocycles. The first kappa shape index (κ1) is 12.2. The van der Waals surface area contributed by atoms with Crippen molar-refractivity contribution >= 4 is 15.9 Å². The molecule has 1 aliphatic rings. The number of rotatable bonds is 4.